The number of nitrogens with one attached hydrogen (secondary N) is 1. The van der Waals surface area contributed by atoms with Crippen molar-refractivity contribution in [1.29, 1.82) is 0 Å². The lowest BCUT2D eigenvalue weighted by molar-refractivity contribution is -0.102. The molecule has 0 radical (unpaired) electrons. The Kier molecular flexibility index (Phi) is 6.33. The number of hydroxylamine groups is 2. The molecule has 1 amide bonds. The van der Waals surface area contributed by atoms with Crippen molar-refractivity contribution in [2.75, 3.05) is 7.11 Å². The van der Waals surface area contributed by atoms with Crippen LogP contribution in [0.4, 0.5) is 0 Å². The molecule has 0 fully saturated rings. The summed E-state index contributed by atoms with van der Waals surface area (Å²) in [5, 5.41) is 11.0. The van der Waals surface area contributed by atoms with Crippen LogP contribution in [0.15, 0.2) is 83.7 Å². The standard InChI is InChI=1S/C26H22N2O5/c1-33-28(16-18-5-3-2-4-6-18)25(30)20-11-12-23-21(14-20)15-22(24(29)27-23)13-17-7-9-19(10-8-17)26(31)32/h2-12,14-15H,13,16H2,1H3,(H,27,29)(H,31,32). The van der Waals surface area contributed by atoms with Crippen LogP contribution in [-0.2, 0) is 17.8 Å². The number of amides is 1. The van der Waals surface area contributed by atoms with Gasteiger partial charge < -0.3 is 10.1 Å². The second-order valence-electron chi connectivity index (χ2n) is 7.61. The SMILES string of the molecule is CON(Cc1ccccc1)C(=O)c1ccc2[nH]c(=O)c(Cc3ccc(C(=O)O)cc3)cc2c1. The van der Waals surface area contributed by atoms with E-state index < -0.39 is 5.97 Å². The molecule has 3 aromatic carbocycles. The molecule has 0 atom stereocenters. The van der Waals surface area contributed by atoms with E-state index in [1.807, 2.05) is 30.3 Å². The van der Waals surface area contributed by atoms with Crippen LogP contribution in [0.1, 0.15) is 37.4 Å². The highest BCUT2D eigenvalue weighted by Crippen LogP contribution is 2.18. The van der Waals surface area contributed by atoms with Gasteiger partial charge in [0.05, 0.1) is 19.2 Å². The van der Waals surface area contributed by atoms with E-state index in [0.29, 0.717) is 35.0 Å². The maximum absolute atomic E-state index is 13.0. The number of aromatic carboxylic acids is 1. The van der Waals surface area contributed by atoms with Gasteiger partial charge in [-0.05, 0) is 52.9 Å². The van der Waals surface area contributed by atoms with Crippen LogP contribution in [0.2, 0.25) is 0 Å². The van der Waals surface area contributed by atoms with Gasteiger partial charge in [0, 0.05) is 23.1 Å². The third-order valence-electron chi connectivity index (χ3n) is 5.38. The lowest BCUT2D eigenvalue weighted by Crippen LogP contribution is -2.29. The van der Waals surface area contributed by atoms with Crippen LogP contribution in [-0.4, -0.2) is 34.1 Å². The first-order chi connectivity index (χ1) is 15.9. The zero-order valence-electron chi connectivity index (χ0n) is 17.9. The lowest BCUT2D eigenvalue weighted by Gasteiger charge is -2.20. The quantitative estimate of drug-likeness (QED) is 0.421. The summed E-state index contributed by atoms with van der Waals surface area (Å²) in [5.74, 6) is -1.29. The van der Waals surface area contributed by atoms with Gasteiger partial charge in [0.15, 0.2) is 0 Å². The molecule has 0 aliphatic carbocycles. The second kappa shape index (κ2) is 9.50. The molecule has 1 aromatic heterocycles. The number of hydrogen-bond acceptors (Lipinski definition) is 4. The normalized spacial score (nSPS) is 10.8. The third-order valence-corrected chi connectivity index (χ3v) is 5.38. The number of carbonyl (C=O) groups is 2. The number of hydrogen-bond donors (Lipinski definition) is 2. The molecule has 33 heavy (non-hydrogen) atoms. The first kappa shape index (κ1) is 22.0. The largest absolute Gasteiger partial charge is 0.478 e. The van der Waals surface area contributed by atoms with E-state index in [0.717, 1.165) is 11.1 Å². The minimum Gasteiger partial charge on any atom is -0.478 e. The number of pyridine rings is 1. The molecule has 7 heteroatoms. The molecule has 0 saturated carbocycles. The Balaban J connectivity index is 1.61. The van der Waals surface area contributed by atoms with Crippen molar-refractivity contribution in [3.05, 3.63) is 117 Å². The van der Waals surface area contributed by atoms with E-state index in [2.05, 4.69) is 4.98 Å². The third kappa shape index (κ3) is 4.99. The van der Waals surface area contributed by atoms with E-state index >= 15 is 0 Å². The smallest absolute Gasteiger partial charge is 0.335 e. The van der Waals surface area contributed by atoms with Crippen LogP contribution in [0.3, 0.4) is 0 Å². The molecule has 4 rings (SSSR count). The fraction of sp³-hybridized carbons (Fsp3) is 0.115. The zero-order chi connectivity index (χ0) is 23.4. The predicted octanol–water partition coefficient (Wildman–Crippen LogP) is 4.02. The highest BCUT2D eigenvalue weighted by molar-refractivity contribution is 5.97. The van der Waals surface area contributed by atoms with Crippen molar-refractivity contribution in [3.63, 3.8) is 0 Å². The van der Waals surface area contributed by atoms with Crippen molar-refractivity contribution < 1.29 is 19.5 Å². The monoisotopic (exact) mass is 442 g/mol. The van der Waals surface area contributed by atoms with Gasteiger partial charge in [-0.25, -0.2) is 9.86 Å². The molecular weight excluding hydrogens is 420 g/mol. The van der Waals surface area contributed by atoms with Gasteiger partial charge in [-0.2, -0.15) is 0 Å². The highest BCUT2D eigenvalue weighted by atomic mass is 16.7. The van der Waals surface area contributed by atoms with Crippen LogP contribution < -0.4 is 5.56 Å². The Morgan fingerprint density at radius 1 is 0.909 bits per heavy atom. The number of nitrogens with zero attached hydrogens (tertiary/aromatic N) is 1. The molecule has 0 saturated heterocycles. The summed E-state index contributed by atoms with van der Waals surface area (Å²) < 4.78 is 0. The summed E-state index contributed by atoms with van der Waals surface area (Å²) in [6.07, 6.45) is 0.335. The van der Waals surface area contributed by atoms with Crippen LogP contribution >= 0.6 is 0 Å². The second-order valence-corrected chi connectivity index (χ2v) is 7.61. The van der Waals surface area contributed by atoms with E-state index in [4.69, 9.17) is 9.94 Å². The molecule has 2 N–H and O–H groups in total. The molecule has 166 valence electrons. The Morgan fingerprint density at radius 3 is 2.27 bits per heavy atom. The molecule has 7 nitrogen and oxygen atoms in total. The Hall–Kier alpha value is -4.23. The van der Waals surface area contributed by atoms with Gasteiger partial charge in [0.25, 0.3) is 11.5 Å². The number of rotatable bonds is 7. The van der Waals surface area contributed by atoms with Crippen molar-refractivity contribution in [1.82, 2.24) is 10.0 Å². The Labute approximate surface area is 189 Å². The van der Waals surface area contributed by atoms with Crippen molar-refractivity contribution in [3.8, 4) is 0 Å². The highest BCUT2D eigenvalue weighted by Gasteiger charge is 2.17. The fourth-order valence-corrected chi connectivity index (χ4v) is 3.61. The first-order valence-corrected chi connectivity index (χ1v) is 10.3. The number of aromatic amines is 1. The summed E-state index contributed by atoms with van der Waals surface area (Å²) in [6.45, 7) is 0.303. The predicted molar refractivity (Wildman–Crippen MR) is 124 cm³/mol. The van der Waals surface area contributed by atoms with Gasteiger partial charge >= 0.3 is 5.97 Å². The van der Waals surface area contributed by atoms with Crippen LogP contribution in [0, 0.1) is 0 Å². The summed E-state index contributed by atoms with van der Waals surface area (Å²) in [4.78, 5) is 44.8. The number of carboxylic acids is 1. The summed E-state index contributed by atoms with van der Waals surface area (Å²) >= 11 is 0. The summed E-state index contributed by atoms with van der Waals surface area (Å²) in [7, 11) is 1.45. The van der Waals surface area contributed by atoms with Gasteiger partial charge in [0.2, 0.25) is 0 Å². The fourth-order valence-electron chi connectivity index (χ4n) is 3.61. The first-order valence-electron chi connectivity index (χ1n) is 10.3. The van der Waals surface area contributed by atoms with Gasteiger partial charge in [-0.3, -0.25) is 14.4 Å². The summed E-state index contributed by atoms with van der Waals surface area (Å²) in [6, 6.07) is 22.8. The molecule has 4 aromatic rings. The lowest BCUT2D eigenvalue weighted by atomic mass is 10.0. The molecule has 1 heterocycles. The number of aromatic nitrogens is 1. The molecule has 0 aliphatic heterocycles. The molecule has 0 bridgehead atoms. The van der Waals surface area contributed by atoms with Crippen molar-refractivity contribution in [2.24, 2.45) is 0 Å². The zero-order valence-corrected chi connectivity index (χ0v) is 17.9. The van der Waals surface area contributed by atoms with Crippen LogP contribution in [0.25, 0.3) is 10.9 Å². The van der Waals surface area contributed by atoms with E-state index in [1.54, 1.807) is 36.4 Å². The average molecular weight is 442 g/mol. The van der Waals surface area contributed by atoms with E-state index in [-0.39, 0.29) is 17.0 Å². The number of carbonyl (C=O) groups excluding carboxylic acids is 1. The molecule has 0 spiro atoms. The van der Waals surface area contributed by atoms with Crippen LogP contribution in [0.5, 0.6) is 0 Å². The number of H-pyrrole nitrogens is 1. The maximum Gasteiger partial charge on any atom is 0.335 e. The van der Waals surface area contributed by atoms with Crippen molar-refractivity contribution >= 4 is 22.8 Å². The Bertz CT molecular complexity index is 1360. The molecular formula is C26H22N2O5. The van der Waals surface area contributed by atoms with Gasteiger partial charge in [-0.15, -0.1) is 0 Å². The average Bonchev–Trinajstić information content (AvgIpc) is 2.83. The van der Waals surface area contributed by atoms with Gasteiger partial charge in [0.1, 0.15) is 0 Å². The topological polar surface area (TPSA) is 99.7 Å². The van der Waals surface area contributed by atoms with Gasteiger partial charge in [-0.1, -0.05) is 42.5 Å². The minimum atomic E-state index is -1.00. The minimum absolute atomic E-state index is 0.188. The Morgan fingerprint density at radius 2 is 1.61 bits per heavy atom. The molecule has 0 aliphatic rings. The maximum atomic E-state index is 13.0. The number of fused-ring (bicyclic) bond motifs is 1. The number of benzene rings is 3. The number of carboxylic acid groups (broad SMARTS) is 1. The summed E-state index contributed by atoms with van der Waals surface area (Å²) in [5.41, 5.74) is 3.28. The molecule has 0 unspecified atom stereocenters. The van der Waals surface area contributed by atoms with E-state index in [9.17, 15) is 14.4 Å². The van der Waals surface area contributed by atoms with E-state index in [1.165, 1.54) is 24.3 Å². The van der Waals surface area contributed by atoms with Crippen molar-refractivity contribution in [2.45, 2.75) is 13.0 Å².